The third-order valence-electron chi connectivity index (χ3n) is 1.62. The molecule has 74 valence electrons. The molecule has 0 spiro atoms. The molecule has 0 fully saturated rings. The SMILES string of the molecule is C=CCC(=O)OCc1ccc(F)cc1. The lowest BCUT2D eigenvalue weighted by Crippen LogP contribution is -2.02. The molecule has 0 N–H and O–H groups in total. The van der Waals surface area contributed by atoms with Gasteiger partial charge in [0.05, 0.1) is 6.42 Å². The van der Waals surface area contributed by atoms with Crippen LogP contribution in [0.1, 0.15) is 12.0 Å². The molecule has 0 amide bonds. The molecule has 0 saturated heterocycles. The number of hydrogen-bond acceptors (Lipinski definition) is 2. The fourth-order valence-corrected chi connectivity index (χ4v) is 0.921. The van der Waals surface area contributed by atoms with E-state index in [1.807, 2.05) is 0 Å². The van der Waals surface area contributed by atoms with E-state index >= 15 is 0 Å². The van der Waals surface area contributed by atoms with Crippen LogP contribution >= 0.6 is 0 Å². The lowest BCUT2D eigenvalue weighted by molar-refractivity contribution is -0.143. The summed E-state index contributed by atoms with van der Waals surface area (Å²) in [6.07, 6.45) is 1.67. The predicted molar refractivity (Wildman–Crippen MR) is 51.0 cm³/mol. The topological polar surface area (TPSA) is 26.3 Å². The number of carbonyl (C=O) groups is 1. The first-order valence-electron chi connectivity index (χ1n) is 4.23. The van der Waals surface area contributed by atoms with Crippen LogP contribution in [0.2, 0.25) is 0 Å². The van der Waals surface area contributed by atoms with Crippen molar-refractivity contribution in [3.63, 3.8) is 0 Å². The molecule has 3 heteroatoms. The summed E-state index contributed by atoms with van der Waals surface area (Å²) in [7, 11) is 0. The molecule has 0 atom stereocenters. The Morgan fingerprint density at radius 3 is 2.64 bits per heavy atom. The molecule has 0 bridgehead atoms. The van der Waals surface area contributed by atoms with Crippen molar-refractivity contribution in [2.75, 3.05) is 0 Å². The molecule has 0 aliphatic rings. The smallest absolute Gasteiger partial charge is 0.309 e. The van der Waals surface area contributed by atoms with Crippen molar-refractivity contribution in [3.8, 4) is 0 Å². The van der Waals surface area contributed by atoms with E-state index in [9.17, 15) is 9.18 Å². The quantitative estimate of drug-likeness (QED) is 0.543. The third kappa shape index (κ3) is 3.39. The monoisotopic (exact) mass is 194 g/mol. The Hall–Kier alpha value is -1.64. The van der Waals surface area contributed by atoms with Crippen LogP contribution < -0.4 is 0 Å². The number of carbonyl (C=O) groups excluding carboxylic acids is 1. The van der Waals surface area contributed by atoms with Gasteiger partial charge in [-0.25, -0.2) is 4.39 Å². The fraction of sp³-hybridized carbons (Fsp3) is 0.182. The van der Waals surface area contributed by atoms with Gasteiger partial charge in [0.1, 0.15) is 12.4 Å². The summed E-state index contributed by atoms with van der Waals surface area (Å²) in [5, 5.41) is 0. The molecule has 14 heavy (non-hydrogen) atoms. The molecule has 1 aromatic rings. The standard InChI is InChI=1S/C11H11FO2/c1-2-3-11(13)14-8-9-4-6-10(12)7-5-9/h2,4-7H,1,3,8H2. The van der Waals surface area contributed by atoms with Gasteiger partial charge in [0.2, 0.25) is 0 Å². The average Bonchev–Trinajstić information content (AvgIpc) is 2.17. The van der Waals surface area contributed by atoms with Crippen molar-refractivity contribution in [3.05, 3.63) is 48.3 Å². The lowest BCUT2D eigenvalue weighted by Gasteiger charge is -2.02. The number of benzene rings is 1. The summed E-state index contributed by atoms with van der Waals surface area (Å²) in [6, 6.07) is 5.82. The molecular formula is C11H11FO2. The van der Waals surface area contributed by atoms with Gasteiger partial charge in [0.15, 0.2) is 0 Å². The van der Waals surface area contributed by atoms with Gasteiger partial charge >= 0.3 is 5.97 Å². The zero-order valence-corrected chi connectivity index (χ0v) is 7.70. The Bertz CT molecular complexity index is 317. The van der Waals surface area contributed by atoms with E-state index in [1.54, 1.807) is 12.1 Å². The molecule has 0 aromatic heterocycles. The van der Waals surface area contributed by atoms with Crippen molar-refractivity contribution in [2.45, 2.75) is 13.0 Å². The molecule has 0 aliphatic heterocycles. The molecule has 1 rings (SSSR count). The number of ether oxygens (including phenoxy) is 1. The summed E-state index contributed by atoms with van der Waals surface area (Å²) in [5.74, 6) is -0.629. The first-order chi connectivity index (χ1) is 6.72. The van der Waals surface area contributed by atoms with Gasteiger partial charge in [0.25, 0.3) is 0 Å². The Labute approximate surface area is 82.0 Å². The van der Waals surface area contributed by atoms with Crippen LogP contribution in [0.4, 0.5) is 4.39 Å². The molecule has 0 radical (unpaired) electrons. The van der Waals surface area contributed by atoms with Crippen LogP contribution in [0.15, 0.2) is 36.9 Å². The minimum Gasteiger partial charge on any atom is -0.461 e. The summed E-state index contributed by atoms with van der Waals surface area (Å²) in [5.41, 5.74) is 0.767. The zero-order chi connectivity index (χ0) is 10.4. The molecule has 0 saturated carbocycles. The Morgan fingerprint density at radius 2 is 2.07 bits per heavy atom. The highest BCUT2D eigenvalue weighted by Gasteiger charge is 2.00. The molecule has 0 unspecified atom stereocenters. The zero-order valence-electron chi connectivity index (χ0n) is 7.70. The van der Waals surface area contributed by atoms with Gasteiger partial charge < -0.3 is 4.74 Å². The minimum atomic E-state index is -0.329. The number of esters is 1. The Morgan fingerprint density at radius 1 is 1.43 bits per heavy atom. The summed E-state index contributed by atoms with van der Waals surface area (Å²) in [6.45, 7) is 3.59. The maximum Gasteiger partial charge on any atom is 0.309 e. The van der Waals surface area contributed by atoms with Crippen molar-refractivity contribution >= 4 is 5.97 Å². The number of rotatable bonds is 4. The second kappa shape index (κ2) is 5.17. The van der Waals surface area contributed by atoms with Gasteiger partial charge in [0, 0.05) is 0 Å². The van der Waals surface area contributed by atoms with Gasteiger partial charge in [-0.15, -0.1) is 6.58 Å². The first-order valence-corrected chi connectivity index (χ1v) is 4.23. The number of hydrogen-bond donors (Lipinski definition) is 0. The summed E-state index contributed by atoms with van der Waals surface area (Å²) < 4.78 is 17.4. The minimum absolute atomic E-state index is 0.174. The van der Waals surface area contributed by atoms with Crippen LogP contribution in [0, 0.1) is 5.82 Å². The van der Waals surface area contributed by atoms with Crippen LogP contribution in [-0.4, -0.2) is 5.97 Å². The van der Waals surface area contributed by atoms with Gasteiger partial charge in [-0.05, 0) is 17.7 Å². The van der Waals surface area contributed by atoms with E-state index in [2.05, 4.69) is 6.58 Å². The highest BCUT2D eigenvalue weighted by atomic mass is 19.1. The number of halogens is 1. The maximum atomic E-state index is 12.5. The van der Waals surface area contributed by atoms with E-state index in [4.69, 9.17) is 4.74 Å². The van der Waals surface area contributed by atoms with Crippen LogP contribution in [0.25, 0.3) is 0 Å². The molecule has 2 nitrogen and oxygen atoms in total. The second-order valence-corrected chi connectivity index (χ2v) is 2.78. The van der Waals surface area contributed by atoms with Crippen LogP contribution in [-0.2, 0) is 16.1 Å². The molecule has 1 aromatic carbocycles. The van der Waals surface area contributed by atoms with Crippen molar-refractivity contribution < 1.29 is 13.9 Å². The van der Waals surface area contributed by atoms with Crippen molar-refractivity contribution in [1.29, 1.82) is 0 Å². The van der Waals surface area contributed by atoms with E-state index in [0.717, 1.165) is 5.56 Å². The predicted octanol–water partition coefficient (Wildman–Crippen LogP) is 2.45. The van der Waals surface area contributed by atoms with Gasteiger partial charge in [-0.1, -0.05) is 18.2 Å². The van der Waals surface area contributed by atoms with Gasteiger partial charge in [-0.2, -0.15) is 0 Å². The van der Waals surface area contributed by atoms with Crippen LogP contribution in [0.5, 0.6) is 0 Å². The second-order valence-electron chi connectivity index (χ2n) is 2.78. The van der Waals surface area contributed by atoms with E-state index < -0.39 is 0 Å². The van der Waals surface area contributed by atoms with Gasteiger partial charge in [-0.3, -0.25) is 4.79 Å². The molecular weight excluding hydrogens is 183 g/mol. The lowest BCUT2D eigenvalue weighted by atomic mass is 10.2. The highest BCUT2D eigenvalue weighted by molar-refractivity contribution is 5.70. The molecule has 0 heterocycles. The Kier molecular flexibility index (Phi) is 3.85. The summed E-state index contributed by atoms with van der Waals surface area (Å²) >= 11 is 0. The highest BCUT2D eigenvalue weighted by Crippen LogP contribution is 2.04. The van der Waals surface area contributed by atoms with E-state index in [-0.39, 0.29) is 24.8 Å². The van der Waals surface area contributed by atoms with Crippen molar-refractivity contribution in [2.24, 2.45) is 0 Å². The molecule has 0 aliphatic carbocycles. The van der Waals surface area contributed by atoms with Crippen molar-refractivity contribution in [1.82, 2.24) is 0 Å². The summed E-state index contributed by atoms with van der Waals surface area (Å²) in [4.78, 5) is 10.9. The average molecular weight is 194 g/mol. The fourth-order valence-electron chi connectivity index (χ4n) is 0.921. The normalized spacial score (nSPS) is 9.50. The van der Waals surface area contributed by atoms with E-state index in [1.165, 1.54) is 18.2 Å². The van der Waals surface area contributed by atoms with Crippen LogP contribution in [0.3, 0.4) is 0 Å². The third-order valence-corrected chi connectivity index (χ3v) is 1.62. The first kappa shape index (κ1) is 10.4. The van der Waals surface area contributed by atoms with E-state index in [0.29, 0.717) is 0 Å². The maximum absolute atomic E-state index is 12.5. The Balaban J connectivity index is 2.41. The largest absolute Gasteiger partial charge is 0.461 e.